The van der Waals surface area contributed by atoms with Crippen molar-refractivity contribution in [1.29, 1.82) is 0 Å². The zero-order valence-electron chi connectivity index (χ0n) is 14.5. The zero-order valence-corrected chi connectivity index (χ0v) is 16.0. The molecule has 140 valence electrons. The third-order valence-electron chi connectivity index (χ3n) is 5.37. The molecule has 2 fully saturated rings. The number of carbonyl (C=O) groups excluding carboxylic acids is 1. The molecule has 0 aromatic heterocycles. The summed E-state index contributed by atoms with van der Waals surface area (Å²) in [6.45, 7) is 4.59. The van der Waals surface area contributed by atoms with E-state index in [9.17, 15) is 15.0 Å². The van der Waals surface area contributed by atoms with Gasteiger partial charge in [-0.15, -0.1) is 23.2 Å². The second-order valence-corrected chi connectivity index (χ2v) is 9.14. The van der Waals surface area contributed by atoms with E-state index in [0.717, 1.165) is 12.8 Å². The monoisotopic (exact) mass is 380 g/mol. The number of aliphatic hydroxyl groups is 2. The van der Waals surface area contributed by atoms with Crippen molar-refractivity contribution < 1.29 is 15.0 Å². The molecular weight excluding hydrogens is 351 g/mol. The van der Waals surface area contributed by atoms with Crippen molar-refractivity contribution in [3.05, 3.63) is 0 Å². The molecule has 0 bridgehead atoms. The van der Waals surface area contributed by atoms with Crippen LogP contribution in [0.5, 0.6) is 0 Å². The summed E-state index contributed by atoms with van der Waals surface area (Å²) in [7, 11) is 0. The molecule has 4 N–H and O–H groups in total. The average Bonchev–Trinajstić information content (AvgIpc) is 2.49. The molecule has 7 heteroatoms. The van der Waals surface area contributed by atoms with Gasteiger partial charge in [0.2, 0.25) is 5.91 Å². The summed E-state index contributed by atoms with van der Waals surface area (Å²) in [6.07, 6.45) is 2.38. The van der Waals surface area contributed by atoms with Gasteiger partial charge in [-0.05, 0) is 45.4 Å². The number of nitrogens with two attached hydrogens (primary N) is 1. The Kier molecular flexibility index (Phi) is 6.82. The molecule has 0 aromatic rings. The topological polar surface area (TPSA) is 86.8 Å². The minimum atomic E-state index is -0.982. The molecule has 1 saturated heterocycles. The lowest BCUT2D eigenvalue weighted by molar-refractivity contribution is -0.137. The first-order valence-electron chi connectivity index (χ1n) is 8.80. The molecule has 24 heavy (non-hydrogen) atoms. The predicted octanol–water partition coefficient (Wildman–Crippen LogP) is 1.70. The summed E-state index contributed by atoms with van der Waals surface area (Å²) in [4.78, 5) is 14.0. The van der Waals surface area contributed by atoms with Crippen molar-refractivity contribution in [2.24, 2.45) is 17.6 Å². The lowest BCUT2D eigenvalue weighted by Gasteiger charge is -2.42. The highest BCUT2D eigenvalue weighted by Crippen LogP contribution is 2.37. The zero-order chi connectivity index (χ0) is 18.1. The minimum absolute atomic E-state index is 0.0157. The minimum Gasteiger partial charge on any atom is -0.393 e. The van der Waals surface area contributed by atoms with Crippen LogP contribution in [-0.2, 0) is 4.79 Å². The molecule has 0 aromatic carbocycles. The number of hydrogen-bond donors (Lipinski definition) is 3. The molecule has 5 nitrogen and oxygen atoms in total. The summed E-state index contributed by atoms with van der Waals surface area (Å²) >= 11 is 12.4. The van der Waals surface area contributed by atoms with E-state index >= 15 is 0 Å². The van der Waals surface area contributed by atoms with Gasteiger partial charge in [0.15, 0.2) is 0 Å². The van der Waals surface area contributed by atoms with Crippen LogP contribution < -0.4 is 5.73 Å². The van der Waals surface area contributed by atoms with Crippen LogP contribution >= 0.6 is 23.2 Å². The quantitative estimate of drug-likeness (QED) is 0.647. The highest BCUT2D eigenvalue weighted by molar-refractivity contribution is 6.30. The van der Waals surface area contributed by atoms with Gasteiger partial charge in [0.1, 0.15) is 0 Å². The second-order valence-electron chi connectivity index (χ2n) is 8.02. The van der Waals surface area contributed by atoms with E-state index in [2.05, 4.69) is 0 Å². The average molecular weight is 381 g/mol. The van der Waals surface area contributed by atoms with Crippen LogP contribution in [0, 0.1) is 11.8 Å². The van der Waals surface area contributed by atoms with Crippen LogP contribution in [0.3, 0.4) is 0 Å². The number of alkyl halides is 2. The Labute approximate surface area is 154 Å². The van der Waals surface area contributed by atoms with Gasteiger partial charge in [0.05, 0.1) is 28.9 Å². The van der Waals surface area contributed by atoms with Crippen LogP contribution in [0.1, 0.15) is 46.0 Å². The van der Waals surface area contributed by atoms with E-state index < -0.39 is 11.7 Å². The molecule has 2 aliphatic rings. The van der Waals surface area contributed by atoms with Crippen molar-refractivity contribution in [3.8, 4) is 0 Å². The lowest BCUT2D eigenvalue weighted by atomic mass is 9.74. The fourth-order valence-electron chi connectivity index (χ4n) is 3.90. The standard InChI is InChI=1S/C17H30Cl2N2O3/c1-17(2,24)9-15(23)21-5-3-10(4-6-21)16(20)11-7-12(18)13(19)8-14(11)22/h10-14,16,22,24H,3-9,20H2,1-2H3. The SMILES string of the molecule is CC(C)(O)CC(=O)N1CCC(C(N)C2CC(Cl)C(Cl)CC2O)CC1. The van der Waals surface area contributed by atoms with Crippen molar-refractivity contribution in [1.82, 2.24) is 4.90 Å². The number of aliphatic hydroxyl groups excluding tert-OH is 1. The van der Waals surface area contributed by atoms with E-state index in [-0.39, 0.29) is 41.0 Å². The summed E-state index contributed by atoms with van der Waals surface area (Å²) < 4.78 is 0. The third-order valence-corrected chi connectivity index (χ3v) is 6.46. The largest absolute Gasteiger partial charge is 0.393 e. The van der Waals surface area contributed by atoms with Crippen LogP contribution in [0.2, 0.25) is 0 Å². The molecule has 5 unspecified atom stereocenters. The summed E-state index contributed by atoms with van der Waals surface area (Å²) in [5.74, 6) is 0.218. The van der Waals surface area contributed by atoms with E-state index in [1.54, 1.807) is 18.7 Å². The molecule has 1 saturated carbocycles. The Morgan fingerprint density at radius 2 is 1.79 bits per heavy atom. The van der Waals surface area contributed by atoms with E-state index in [1.165, 1.54) is 0 Å². The number of rotatable bonds is 4. The van der Waals surface area contributed by atoms with Gasteiger partial charge in [0.25, 0.3) is 0 Å². The maximum absolute atomic E-state index is 12.2. The summed E-state index contributed by atoms with van der Waals surface area (Å²) in [6, 6.07) is -0.128. The maximum atomic E-state index is 12.2. The van der Waals surface area contributed by atoms with Crippen molar-refractivity contribution in [2.75, 3.05) is 13.1 Å². The van der Waals surface area contributed by atoms with E-state index in [1.807, 2.05) is 0 Å². The number of nitrogens with zero attached hydrogens (tertiary/aromatic N) is 1. The molecule has 1 aliphatic carbocycles. The van der Waals surface area contributed by atoms with Gasteiger partial charge < -0.3 is 20.8 Å². The predicted molar refractivity (Wildman–Crippen MR) is 96.2 cm³/mol. The van der Waals surface area contributed by atoms with Crippen molar-refractivity contribution >= 4 is 29.1 Å². The maximum Gasteiger partial charge on any atom is 0.225 e. The van der Waals surface area contributed by atoms with Crippen LogP contribution in [-0.4, -0.2) is 62.6 Å². The molecule has 0 radical (unpaired) electrons. The number of halogens is 2. The normalized spacial score (nSPS) is 34.2. The van der Waals surface area contributed by atoms with Crippen LogP contribution in [0.4, 0.5) is 0 Å². The summed E-state index contributed by atoms with van der Waals surface area (Å²) in [5.41, 5.74) is 5.46. The van der Waals surface area contributed by atoms with Crippen molar-refractivity contribution in [2.45, 2.75) is 74.5 Å². The van der Waals surface area contributed by atoms with Crippen molar-refractivity contribution in [3.63, 3.8) is 0 Å². The van der Waals surface area contributed by atoms with E-state index in [4.69, 9.17) is 28.9 Å². The molecule has 5 atom stereocenters. The lowest BCUT2D eigenvalue weighted by Crippen LogP contribution is -2.52. The smallest absolute Gasteiger partial charge is 0.225 e. The highest BCUT2D eigenvalue weighted by atomic mass is 35.5. The van der Waals surface area contributed by atoms with Gasteiger partial charge in [-0.2, -0.15) is 0 Å². The Morgan fingerprint density at radius 1 is 1.25 bits per heavy atom. The van der Waals surface area contributed by atoms with E-state index in [0.29, 0.717) is 25.9 Å². The first kappa shape index (κ1) is 20.2. The fraction of sp³-hybridized carbons (Fsp3) is 0.941. The van der Waals surface area contributed by atoms with Crippen LogP contribution in [0.15, 0.2) is 0 Å². The summed E-state index contributed by atoms with van der Waals surface area (Å²) in [5, 5.41) is 19.7. The molecule has 1 aliphatic heterocycles. The Morgan fingerprint density at radius 3 is 2.33 bits per heavy atom. The first-order chi connectivity index (χ1) is 11.1. The molecule has 1 heterocycles. The number of likely N-dealkylation sites (tertiary alicyclic amines) is 1. The number of piperidine rings is 1. The van der Waals surface area contributed by atoms with Gasteiger partial charge >= 0.3 is 0 Å². The molecular formula is C17H30Cl2N2O3. The third kappa shape index (κ3) is 5.21. The van der Waals surface area contributed by atoms with Gasteiger partial charge in [-0.25, -0.2) is 0 Å². The Balaban J connectivity index is 1.86. The fourth-order valence-corrected chi connectivity index (χ4v) is 4.49. The highest BCUT2D eigenvalue weighted by Gasteiger charge is 2.40. The Bertz CT molecular complexity index is 436. The van der Waals surface area contributed by atoms with Gasteiger partial charge in [0, 0.05) is 25.0 Å². The molecule has 1 amide bonds. The van der Waals surface area contributed by atoms with Gasteiger partial charge in [-0.1, -0.05) is 0 Å². The van der Waals surface area contributed by atoms with Crippen LogP contribution in [0.25, 0.3) is 0 Å². The number of amides is 1. The molecule has 0 spiro atoms. The Hall–Kier alpha value is -0.0700. The van der Waals surface area contributed by atoms with Gasteiger partial charge in [-0.3, -0.25) is 4.79 Å². The second kappa shape index (κ2) is 8.09. The first-order valence-corrected chi connectivity index (χ1v) is 9.67. The molecule has 2 rings (SSSR count). The number of hydrogen-bond acceptors (Lipinski definition) is 4. The number of carbonyl (C=O) groups is 1.